The number of rotatable bonds is 58. The monoisotopic (exact) mass is 1220 g/mol. The van der Waals surface area contributed by atoms with Crippen molar-refractivity contribution in [2.75, 3.05) is 19.8 Å². The number of amides is 1. The maximum absolute atomic E-state index is 13.3. The molecule has 0 spiro atoms. The minimum Gasteiger partial charge on any atom is -0.394 e. The molecule has 0 aromatic carbocycles. The van der Waals surface area contributed by atoms with Gasteiger partial charge in [-0.3, -0.25) is 4.79 Å². The maximum Gasteiger partial charge on any atom is 0.220 e. The second-order valence-corrected chi connectivity index (χ2v) is 25.0. The van der Waals surface area contributed by atoms with Crippen molar-refractivity contribution in [1.82, 2.24) is 5.32 Å². The van der Waals surface area contributed by atoms with Crippen molar-refractivity contribution < 1.29 is 64.6 Å². The zero-order valence-electron chi connectivity index (χ0n) is 54.6. The Labute approximate surface area is 524 Å². The van der Waals surface area contributed by atoms with Crippen LogP contribution >= 0.6 is 0 Å². The van der Waals surface area contributed by atoms with Crippen LogP contribution in [-0.2, 0) is 23.7 Å². The fourth-order valence-corrected chi connectivity index (χ4v) is 11.5. The summed E-state index contributed by atoms with van der Waals surface area (Å²) in [6.07, 6.45) is 58.6. The quantitative estimate of drug-likeness (QED) is 0.0204. The largest absolute Gasteiger partial charge is 0.394 e. The minimum atomic E-state index is -1.79. The molecule has 0 aliphatic carbocycles. The zero-order chi connectivity index (χ0) is 62.3. The van der Waals surface area contributed by atoms with Crippen molar-refractivity contribution in [3.05, 3.63) is 60.8 Å². The van der Waals surface area contributed by atoms with E-state index in [-0.39, 0.29) is 18.9 Å². The molecule has 86 heavy (non-hydrogen) atoms. The first-order valence-electron chi connectivity index (χ1n) is 35.5. The highest BCUT2D eigenvalue weighted by Crippen LogP contribution is 2.30. The summed E-state index contributed by atoms with van der Waals surface area (Å²) in [6, 6.07) is -0.939. The number of ether oxygens (including phenoxy) is 4. The molecule has 14 heteroatoms. The van der Waals surface area contributed by atoms with Crippen molar-refractivity contribution in [1.29, 1.82) is 0 Å². The molecule has 14 nitrogen and oxygen atoms in total. The van der Waals surface area contributed by atoms with Crippen LogP contribution in [0.15, 0.2) is 60.8 Å². The number of carbonyl (C=O) groups is 1. The lowest BCUT2D eigenvalue weighted by molar-refractivity contribution is -0.359. The van der Waals surface area contributed by atoms with Gasteiger partial charge < -0.3 is 65.1 Å². The van der Waals surface area contributed by atoms with Gasteiger partial charge in [0.15, 0.2) is 12.6 Å². The van der Waals surface area contributed by atoms with Gasteiger partial charge in [-0.1, -0.05) is 274 Å². The Morgan fingerprint density at radius 3 is 1.21 bits per heavy atom. The molecule has 12 atom stereocenters. The number of aliphatic hydroxyl groups excluding tert-OH is 8. The molecule has 1 amide bonds. The van der Waals surface area contributed by atoms with Gasteiger partial charge in [0, 0.05) is 6.42 Å². The van der Waals surface area contributed by atoms with Gasteiger partial charge in [-0.15, -0.1) is 0 Å². The molecule has 0 radical (unpaired) electrons. The highest BCUT2D eigenvalue weighted by atomic mass is 16.7. The molecule has 0 bridgehead atoms. The standard InChI is InChI=1S/C72H131NO13/c1-3-5-7-9-11-13-15-17-19-21-23-24-25-26-27-28-29-30-31-32-33-34-35-36-38-40-42-44-46-48-50-52-54-56-64(77)73-60(61(76)55-53-51-49-47-45-43-41-39-37-22-20-18-16-14-12-10-8-6-4-2)59-83-71-69(82)67(80)70(63(58-75)85-71)86-72-68(81)66(79)65(78)62(57-74)84-72/h15,17,21,23,37,39,45,47,53,55,60-63,65-72,74-76,78-82H,3-14,16,18-20,22,24-36,38,40-44,46,48-52,54,56-59H2,1-2H3,(H,73,77)/b17-15-,23-21-,39-37+,47-45+,55-53+. The molecular weight excluding hydrogens is 1090 g/mol. The van der Waals surface area contributed by atoms with Gasteiger partial charge in [0.2, 0.25) is 5.91 Å². The molecule has 2 saturated heterocycles. The zero-order valence-corrected chi connectivity index (χ0v) is 54.6. The number of nitrogens with one attached hydrogen (secondary N) is 1. The SMILES string of the molecule is CCCCCCC/C=C\C/C=C\CCCCCCCCCCCCCCCCCCCCCCCC(=O)NC(COC1OC(CO)C(OC2OC(CO)C(O)C(O)C2O)C(O)C1O)C(O)/C=C/CC/C=C/CC/C=C/CCCCCCCCCCC. The van der Waals surface area contributed by atoms with E-state index in [9.17, 15) is 45.6 Å². The van der Waals surface area contributed by atoms with Crippen LogP contribution in [0.2, 0.25) is 0 Å². The molecule has 0 aromatic heterocycles. The Morgan fingerprint density at radius 1 is 0.419 bits per heavy atom. The fraction of sp³-hybridized carbons (Fsp3) is 0.847. The molecule has 2 aliphatic heterocycles. The van der Waals surface area contributed by atoms with Crippen molar-refractivity contribution in [2.24, 2.45) is 0 Å². The highest BCUT2D eigenvalue weighted by molar-refractivity contribution is 5.76. The summed E-state index contributed by atoms with van der Waals surface area (Å²) in [7, 11) is 0. The summed E-state index contributed by atoms with van der Waals surface area (Å²) in [6.45, 7) is 2.79. The average Bonchev–Trinajstić information content (AvgIpc) is 2.63. The Morgan fingerprint density at radius 2 is 0.779 bits per heavy atom. The summed E-state index contributed by atoms with van der Waals surface area (Å²) in [5, 5.41) is 87.3. The van der Waals surface area contributed by atoms with Gasteiger partial charge >= 0.3 is 0 Å². The molecule has 9 N–H and O–H groups in total. The topological polar surface area (TPSA) is 228 Å². The van der Waals surface area contributed by atoms with Crippen molar-refractivity contribution in [2.45, 2.75) is 370 Å². The van der Waals surface area contributed by atoms with Gasteiger partial charge in [0.1, 0.15) is 48.8 Å². The third-order valence-corrected chi connectivity index (χ3v) is 17.2. The predicted octanol–water partition coefficient (Wildman–Crippen LogP) is 14.5. The van der Waals surface area contributed by atoms with Crippen LogP contribution in [0.1, 0.15) is 296 Å². The Hall–Kier alpha value is -2.31. The van der Waals surface area contributed by atoms with Crippen LogP contribution in [0.4, 0.5) is 0 Å². The second kappa shape index (κ2) is 56.7. The number of unbranched alkanes of at least 4 members (excludes halogenated alkanes) is 37. The van der Waals surface area contributed by atoms with Gasteiger partial charge in [-0.25, -0.2) is 0 Å². The third kappa shape index (κ3) is 40.4. The van der Waals surface area contributed by atoms with Gasteiger partial charge in [0.25, 0.3) is 0 Å². The van der Waals surface area contributed by atoms with Crippen LogP contribution in [0.3, 0.4) is 0 Å². The minimum absolute atomic E-state index is 0.250. The normalized spacial score (nSPS) is 23.7. The Balaban J connectivity index is 1.65. The van der Waals surface area contributed by atoms with E-state index in [0.717, 1.165) is 51.4 Å². The Kier molecular flexibility index (Phi) is 52.6. The van der Waals surface area contributed by atoms with E-state index in [1.165, 1.54) is 212 Å². The van der Waals surface area contributed by atoms with E-state index >= 15 is 0 Å². The van der Waals surface area contributed by atoms with Crippen molar-refractivity contribution in [3.63, 3.8) is 0 Å². The number of carbonyl (C=O) groups excluding carboxylic acids is 1. The number of allylic oxidation sites excluding steroid dienone is 9. The number of hydrogen-bond acceptors (Lipinski definition) is 13. The lowest BCUT2D eigenvalue weighted by atomic mass is 9.97. The van der Waals surface area contributed by atoms with Crippen LogP contribution in [0.5, 0.6) is 0 Å². The van der Waals surface area contributed by atoms with E-state index < -0.39 is 86.8 Å². The summed E-state index contributed by atoms with van der Waals surface area (Å²) < 4.78 is 22.8. The Bertz CT molecular complexity index is 1670. The second-order valence-electron chi connectivity index (χ2n) is 25.0. The molecule has 2 aliphatic rings. The first kappa shape index (κ1) is 79.8. The summed E-state index contributed by atoms with van der Waals surface area (Å²) in [4.78, 5) is 13.3. The van der Waals surface area contributed by atoms with E-state index in [1.807, 2.05) is 6.08 Å². The van der Waals surface area contributed by atoms with Crippen LogP contribution in [0.25, 0.3) is 0 Å². The highest BCUT2D eigenvalue weighted by Gasteiger charge is 2.51. The molecule has 2 heterocycles. The number of hydrogen-bond donors (Lipinski definition) is 9. The molecular formula is C72H131NO13. The van der Waals surface area contributed by atoms with Crippen LogP contribution in [-0.4, -0.2) is 140 Å². The molecule has 0 aromatic rings. The van der Waals surface area contributed by atoms with Crippen molar-refractivity contribution in [3.8, 4) is 0 Å². The molecule has 12 unspecified atom stereocenters. The molecule has 2 rings (SSSR count). The lowest BCUT2D eigenvalue weighted by Crippen LogP contribution is -2.65. The number of aliphatic hydroxyl groups is 8. The smallest absolute Gasteiger partial charge is 0.220 e. The average molecular weight is 1220 g/mol. The first-order chi connectivity index (χ1) is 42.1. The third-order valence-electron chi connectivity index (χ3n) is 17.2. The summed E-state index contributed by atoms with van der Waals surface area (Å²) in [5.74, 6) is -0.250. The maximum atomic E-state index is 13.3. The van der Waals surface area contributed by atoms with E-state index in [0.29, 0.717) is 12.8 Å². The van der Waals surface area contributed by atoms with Crippen LogP contribution < -0.4 is 5.32 Å². The van der Waals surface area contributed by atoms with E-state index in [1.54, 1.807) is 6.08 Å². The van der Waals surface area contributed by atoms with Gasteiger partial charge in [0.05, 0.1) is 32.0 Å². The predicted molar refractivity (Wildman–Crippen MR) is 350 cm³/mol. The molecule has 502 valence electrons. The van der Waals surface area contributed by atoms with E-state index in [2.05, 4.69) is 67.8 Å². The van der Waals surface area contributed by atoms with Crippen molar-refractivity contribution >= 4 is 5.91 Å². The summed E-state index contributed by atoms with van der Waals surface area (Å²) >= 11 is 0. The summed E-state index contributed by atoms with van der Waals surface area (Å²) in [5.41, 5.74) is 0. The van der Waals surface area contributed by atoms with E-state index in [4.69, 9.17) is 18.9 Å². The first-order valence-corrected chi connectivity index (χ1v) is 35.5. The fourth-order valence-electron chi connectivity index (χ4n) is 11.5. The van der Waals surface area contributed by atoms with Gasteiger partial charge in [-0.05, 0) is 77.0 Å². The van der Waals surface area contributed by atoms with Crippen LogP contribution in [0, 0.1) is 0 Å². The molecule has 2 fully saturated rings. The van der Waals surface area contributed by atoms with Gasteiger partial charge in [-0.2, -0.15) is 0 Å². The lowest BCUT2D eigenvalue weighted by Gasteiger charge is -2.46. The molecule has 0 saturated carbocycles.